The highest BCUT2D eigenvalue weighted by Gasteiger charge is 2.00. The fourth-order valence-electron chi connectivity index (χ4n) is 0.906. The van der Waals surface area contributed by atoms with E-state index in [4.69, 9.17) is 5.84 Å². The molecule has 0 aliphatic carbocycles. The summed E-state index contributed by atoms with van der Waals surface area (Å²) in [5, 5.41) is 3.97. The molecule has 0 spiro atoms. The summed E-state index contributed by atoms with van der Waals surface area (Å²) in [5.41, 5.74) is 1.45. The number of hydrogen-bond acceptors (Lipinski definition) is 4. The molecule has 0 saturated carbocycles. The normalized spacial score (nSPS) is 10.0. The lowest BCUT2D eigenvalue weighted by atomic mass is 10.3. The van der Waals surface area contributed by atoms with Crippen LogP contribution in [0.25, 0.3) is 11.4 Å². The summed E-state index contributed by atoms with van der Waals surface area (Å²) < 4.78 is 0. The Morgan fingerprint density at radius 1 is 1.25 bits per heavy atom. The van der Waals surface area contributed by atoms with Crippen molar-refractivity contribution in [2.45, 2.75) is 0 Å². The largest absolute Gasteiger partial charge is 0.323 e. The van der Waals surface area contributed by atoms with E-state index in [2.05, 4.69) is 15.1 Å². The van der Waals surface area contributed by atoms with Crippen molar-refractivity contribution in [2.24, 2.45) is 0 Å². The Morgan fingerprint density at radius 2 is 2.17 bits per heavy atom. The molecule has 0 fully saturated rings. The first kappa shape index (κ1) is 6.78. The topological polar surface area (TPSA) is 69.6 Å². The van der Waals surface area contributed by atoms with Crippen molar-refractivity contribution in [3.8, 4) is 11.4 Å². The average Bonchev–Trinajstić information content (AvgIpc) is 2.54. The van der Waals surface area contributed by atoms with Crippen LogP contribution in [0.15, 0.2) is 30.9 Å². The van der Waals surface area contributed by atoms with Gasteiger partial charge in [-0.05, 0) is 6.07 Å². The average molecular weight is 161 g/mol. The third-order valence-corrected chi connectivity index (χ3v) is 1.43. The lowest BCUT2D eigenvalue weighted by Gasteiger charge is -1.91. The fourth-order valence-corrected chi connectivity index (χ4v) is 0.906. The van der Waals surface area contributed by atoms with Crippen LogP contribution in [0.2, 0.25) is 0 Å². The van der Waals surface area contributed by atoms with Crippen LogP contribution in [0.1, 0.15) is 0 Å². The van der Waals surface area contributed by atoms with Crippen LogP contribution >= 0.6 is 0 Å². The Kier molecular flexibility index (Phi) is 1.48. The van der Waals surface area contributed by atoms with Crippen molar-refractivity contribution in [3.63, 3.8) is 0 Å². The van der Waals surface area contributed by atoms with Gasteiger partial charge in [-0.1, -0.05) is 0 Å². The van der Waals surface area contributed by atoms with E-state index in [0.29, 0.717) is 0 Å². The van der Waals surface area contributed by atoms with Gasteiger partial charge in [-0.3, -0.25) is 9.97 Å². The lowest BCUT2D eigenvalue weighted by molar-refractivity contribution is 0.834. The van der Waals surface area contributed by atoms with Gasteiger partial charge in [0.15, 0.2) is 0 Å². The van der Waals surface area contributed by atoms with E-state index in [1.807, 2.05) is 0 Å². The van der Waals surface area contributed by atoms with Crippen LogP contribution < -0.4 is 5.84 Å². The predicted octanol–water partition coefficient (Wildman–Crippen LogP) is 0.0539. The molecular weight excluding hydrogens is 154 g/mol. The highest BCUT2D eigenvalue weighted by atomic mass is 15.5. The molecule has 0 atom stereocenters. The first-order valence-corrected chi connectivity index (χ1v) is 3.43. The summed E-state index contributed by atoms with van der Waals surface area (Å²) in [7, 11) is 0. The fraction of sp³-hybridized carbons (Fsp3) is 0. The van der Waals surface area contributed by atoms with Crippen LogP contribution in [0.5, 0.6) is 0 Å². The number of hydrogen-bond donors (Lipinski definition) is 1. The van der Waals surface area contributed by atoms with Crippen molar-refractivity contribution in [1.29, 1.82) is 0 Å². The number of nitrogen functional groups attached to an aromatic ring is 1. The molecule has 2 heterocycles. The predicted molar refractivity (Wildman–Crippen MR) is 43.4 cm³/mol. The second kappa shape index (κ2) is 2.61. The van der Waals surface area contributed by atoms with Crippen LogP contribution in [0.4, 0.5) is 0 Å². The maximum atomic E-state index is 5.37. The number of aromatic nitrogens is 4. The standard InChI is InChI=1S/C7H7N5/c8-12-4-1-6(11-12)7-5-9-2-3-10-7/h1-5H,8H2. The Morgan fingerprint density at radius 3 is 2.75 bits per heavy atom. The van der Waals surface area contributed by atoms with Crippen molar-refractivity contribution in [3.05, 3.63) is 30.9 Å². The van der Waals surface area contributed by atoms with E-state index in [-0.39, 0.29) is 0 Å². The molecule has 60 valence electrons. The maximum Gasteiger partial charge on any atom is 0.114 e. The Balaban J connectivity index is 2.45. The molecule has 5 heteroatoms. The van der Waals surface area contributed by atoms with Gasteiger partial charge in [-0.15, -0.1) is 0 Å². The molecule has 0 radical (unpaired) electrons. The SMILES string of the molecule is Nn1ccc(-c2cnccn2)n1. The third-order valence-electron chi connectivity index (χ3n) is 1.43. The molecule has 0 aliphatic heterocycles. The van der Waals surface area contributed by atoms with Gasteiger partial charge in [0.2, 0.25) is 0 Å². The van der Waals surface area contributed by atoms with E-state index in [1.165, 1.54) is 4.79 Å². The summed E-state index contributed by atoms with van der Waals surface area (Å²) in [6, 6.07) is 1.78. The summed E-state index contributed by atoms with van der Waals surface area (Å²) in [5.74, 6) is 5.37. The van der Waals surface area contributed by atoms with E-state index < -0.39 is 0 Å². The van der Waals surface area contributed by atoms with E-state index in [0.717, 1.165) is 11.4 Å². The second-order valence-corrected chi connectivity index (χ2v) is 2.27. The quantitative estimate of drug-likeness (QED) is 0.600. The van der Waals surface area contributed by atoms with Gasteiger partial charge in [0, 0.05) is 18.6 Å². The third kappa shape index (κ3) is 1.12. The molecule has 2 aromatic heterocycles. The van der Waals surface area contributed by atoms with Crippen molar-refractivity contribution >= 4 is 0 Å². The molecule has 5 nitrogen and oxygen atoms in total. The Hall–Kier alpha value is -1.91. The molecule has 0 aromatic carbocycles. The number of nitrogens with two attached hydrogens (primary N) is 1. The van der Waals surface area contributed by atoms with Gasteiger partial charge in [0.1, 0.15) is 11.4 Å². The van der Waals surface area contributed by atoms with Gasteiger partial charge < -0.3 is 5.84 Å². The van der Waals surface area contributed by atoms with Crippen molar-refractivity contribution < 1.29 is 0 Å². The first-order chi connectivity index (χ1) is 5.86. The smallest absolute Gasteiger partial charge is 0.114 e. The van der Waals surface area contributed by atoms with E-state index in [1.54, 1.807) is 30.9 Å². The molecule has 0 amide bonds. The molecule has 2 aromatic rings. The Labute approximate surface area is 68.8 Å². The van der Waals surface area contributed by atoms with Crippen LogP contribution in [0, 0.1) is 0 Å². The zero-order chi connectivity index (χ0) is 8.39. The molecular formula is C7H7N5. The van der Waals surface area contributed by atoms with Gasteiger partial charge in [-0.2, -0.15) is 9.89 Å². The molecule has 0 unspecified atom stereocenters. The van der Waals surface area contributed by atoms with Crippen molar-refractivity contribution in [1.82, 2.24) is 19.9 Å². The zero-order valence-electron chi connectivity index (χ0n) is 6.25. The molecule has 0 aliphatic rings. The van der Waals surface area contributed by atoms with Gasteiger partial charge in [0.25, 0.3) is 0 Å². The molecule has 0 saturated heterocycles. The maximum absolute atomic E-state index is 5.37. The molecule has 2 N–H and O–H groups in total. The first-order valence-electron chi connectivity index (χ1n) is 3.43. The second-order valence-electron chi connectivity index (χ2n) is 2.27. The summed E-state index contributed by atoms with van der Waals surface area (Å²) in [6.45, 7) is 0. The van der Waals surface area contributed by atoms with Crippen LogP contribution in [-0.4, -0.2) is 19.9 Å². The molecule has 2 rings (SSSR count). The van der Waals surface area contributed by atoms with Crippen LogP contribution in [-0.2, 0) is 0 Å². The van der Waals surface area contributed by atoms with Gasteiger partial charge in [0.05, 0.1) is 6.20 Å². The summed E-state index contributed by atoms with van der Waals surface area (Å²) >= 11 is 0. The van der Waals surface area contributed by atoms with Crippen molar-refractivity contribution in [2.75, 3.05) is 5.84 Å². The highest BCUT2D eigenvalue weighted by Crippen LogP contribution is 2.09. The minimum absolute atomic E-state index is 0.724. The van der Waals surface area contributed by atoms with Gasteiger partial charge in [-0.25, -0.2) is 0 Å². The highest BCUT2D eigenvalue weighted by molar-refractivity contribution is 5.51. The van der Waals surface area contributed by atoms with E-state index >= 15 is 0 Å². The number of rotatable bonds is 1. The molecule has 12 heavy (non-hydrogen) atoms. The van der Waals surface area contributed by atoms with Gasteiger partial charge >= 0.3 is 0 Å². The van der Waals surface area contributed by atoms with E-state index in [9.17, 15) is 0 Å². The minimum atomic E-state index is 0.724. The summed E-state index contributed by atoms with van der Waals surface area (Å²) in [4.78, 5) is 9.23. The Bertz CT molecular complexity index is 366. The summed E-state index contributed by atoms with van der Waals surface area (Å²) in [6.07, 6.45) is 6.53. The molecule has 0 bridgehead atoms. The zero-order valence-corrected chi connectivity index (χ0v) is 6.25. The monoisotopic (exact) mass is 161 g/mol. The number of nitrogens with zero attached hydrogens (tertiary/aromatic N) is 4. The lowest BCUT2D eigenvalue weighted by Crippen LogP contribution is -2.07. The minimum Gasteiger partial charge on any atom is -0.323 e. The van der Waals surface area contributed by atoms with Crippen LogP contribution in [0.3, 0.4) is 0 Å².